The fraction of sp³-hybridized carbons (Fsp3) is 0. The number of hydrogen-bond acceptors (Lipinski definition) is 1. The zero-order chi connectivity index (χ0) is 41.2. The first-order chi connectivity index (χ1) is 30.7. The molecule has 0 radical (unpaired) electrons. The number of benzene rings is 10. The molecule has 0 fully saturated rings. The van der Waals surface area contributed by atoms with Gasteiger partial charge in [-0.2, -0.15) is 0 Å². The predicted octanol–water partition coefficient (Wildman–Crippen LogP) is 16.6. The molecule has 292 valence electrons. The summed E-state index contributed by atoms with van der Waals surface area (Å²) in [5.41, 5.74) is 18.4. The fourth-order valence-electron chi connectivity index (χ4n) is 9.04. The Morgan fingerprint density at radius 3 is 1.15 bits per heavy atom. The predicted molar refractivity (Wildman–Crippen MR) is 263 cm³/mol. The van der Waals surface area contributed by atoms with Gasteiger partial charge in [0.15, 0.2) is 0 Å². The molecule has 0 spiro atoms. The molecule has 62 heavy (non-hydrogen) atoms. The first-order valence-electron chi connectivity index (χ1n) is 21.3. The minimum atomic E-state index is 1.07. The molecule has 0 aliphatic heterocycles. The van der Waals surface area contributed by atoms with Gasteiger partial charge in [0.05, 0.1) is 11.0 Å². The average molecular weight is 791 g/mol. The van der Waals surface area contributed by atoms with Crippen molar-refractivity contribution in [1.82, 2.24) is 4.57 Å². The van der Waals surface area contributed by atoms with Crippen molar-refractivity contribution in [3.8, 4) is 61.3 Å². The lowest BCUT2D eigenvalue weighted by Gasteiger charge is -2.28. The standard InChI is InChI=1S/C60H42N2/c1-6-20-43(21-7-1)48-36-49(44-22-8-2-9-23-44)40-54(39-48)61(55-41-50(45-24-10-3-11-25-45)37-51(42-55)46-26-12-4-13-27-46)53-31-18-28-47(38-53)56-33-19-35-59-60(56)57-32-16-17-34-58(57)62(59)52-29-14-5-15-30-52/h1-42H. The number of anilines is 3. The van der Waals surface area contributed by atoms with Crippen molar-refractivity contribution in [3.63, 3.8) is 0 Å². The Kier molecular flexibility index (Phi) is 9.57. The van der Waals surface area contributed by atoms with Crippen LogP contribution in [0.25, 0.3) is 83.1 Å². The molecule has 0 saturated heterocycles. The Hall–Kier alpha value is -8.20. The van der Waals surface area contributed by atoms with Crippen LogP contribution in [0.5, 0.6) is 0 Å². The van der Waals surface area contributed by atoms with Crippen LogP contribution in [0.15, 0.2) is 255 Å². The summed E-state index contributed by atoms with van der Waals surface area (Å²) in [6, 6.07) is 92.3. The Labute approximate surface area is 362 Å². The molecule has 11 rings (SSSR count). The van der Waals surface area contributed by atoms with E-state index in [2.05, 4.69) is 264 Å². The van der Waals surface area contributed by atoms with Gasteiger partial charge in [0.2, 0.25) is 0 Å². The number of aromatic nitrogens is 1. The van der Waals surface area contributed by atoms with Crippen LogP contribution in [-0.2, 0) is 0 Å². The molecule has 0 N–H and O–H groups in total. The summed E-state index contributed by atoms with van der Waals surface area (Å²) in [6.07, 6.45) is 0. The summed E-state index contributed by atoms with van der Waals surface area (Å²) in [5, 5.41) is 2.47. The van der Waals surface area contributed by atoms with E-state index in [1.165, 1.54) is 49.6 Å². The molecule has 0 aliphatic carbocycles. The van der Waals surface area contributed by atoms with E-state index in [0.29, 0.717) is 0 Å². The van der Waals surface area contributed by atoms with Crippen LogP contribution in [0, 0.1) is 0 Å². The van der Waals surface area contributed by atoms with Gasteiger partial charge >= 0.3 is 0 Å². The van der Waals surface area contributed by atoms with E-state index >= 15 is 0 Å². The molecule has 0 unspecified atom stereocenters. The molecular weight excluding hydrogens is 749 g/mol. The lowest BCUT2D eigenvalue weighted by molar-refractivity contribution is 1.18. The maximum Gasteiger partial charge on any atom is 0.0547 e. The summed E-state index contributed by atoms with van der Waals surface area (Å²) in [6.45, 7) is 0. The van der Waals surface area contributed by atoms with Crippen LogP contribution in [0.4, 0.5) is 17.1 Å². The van der Waals surface area contributed by atoms with Crippen molar-refractivity contribution < 1.29 is 0 Å². The number of nitrogens with zero attached hydrogens (tertiary/aromatic N) is 2. The normalized spacial score (nSPS) is 11.2. The summed E-state index contributed by atoms with van der Waals surface area (Å²) < 4.78 is 2.39. The van der Waals surface area contributed by atoms with E-state index in [1.807, 2.05) is 0 Å². The van der Waals surface area contributed by atoms with Gasteiger partial charge in [-0.3, -0.25) is 0 Å². The van der Waals surface area contributed by atoms with Crippen LogP contribution in [0.3, 0.4) is 0 Å². The second kappa shape index (κ2) is 16.1. The second-order valence-electron chi connectivity index (χ2n) is 15.8. The zero-order valence-electron chi connectivity index (χ0n) is 34.1. The highest BCUT2D eigenvalue weighted by atomic mass is 15.1. The Bertz CT molecular complexity index is 3080. The van der Waals surface area contributed by atoms with Gasteiger partial charge in [0.25, 0.3) is 0 Å². The van der Waals surface area contributed by atoms with Crippen molar-refractivity contribution >= 4 is 38.9 Å². The van der Waals surface area contributed by atoms with E-state index in [0.717, 1.165) is 50.6 Å². The average Bonchev–Trinajstić information content (AvgIpc) is 3.70. The zero-order valence-corrected chi connectivity index (χ0v) is 34.1. The number of rotatable bonds is 9. The summed E-state index contributed by atoms with van der Waals surface area (Å²) in [7, 11) is 0. The lowest BCUT2D eigenvalue weighted by Crippen LogP contribution is -2.11. The van der Waals surface area contributed by atoms with E-state index in [4.69, 9.17) is 0 Å². The van der Waals surface area contributed by atoms with Crippen LogP contribution in [0.2, 0.25) is 0 Å². The number of fused-ring (bicyclic) bond motifs is 3. The highest BCUT2D eigenvalue weighted by molar-refractivity contribution is 6.16. The van der Waals surface area contributed by atoms with Gasteiger partial charge in [0.1, 0.15) is 0 Å². The summed E-state index contributed by atoms with van der Waals surface area (Å²) >= 11 is 0. The van der Waals surface area contributed by atoms with Crippen molar-refractivity contribution in [2.75, 3.05) is 4.90 Å². The second-order valence-corrected chi connectivity index (χ2v) is 15.8. The molecule has 0 atom stereocenters. The Balaban J connectivity index is 1.18. The van der Waals surface area contributed by atoms with Crippen LogP contribution >= 0.6 is 0 Å². The Morgan fingerprint density at radius 2 is 0.645 bits per heavy atom. The molecule has 1 aromatic heterocycles. The van der Waals surface area contributed by atoms with E-state index in [-0.39, 0.29) is 0 Å². The first-order valence-corrected chi connectivity index (χ1v) is 21.3. The van der Waals surface area contributed by atoms with Gasteiger partial charge in [-0.15, -0.1) is 0 Å². The van der Waals surface area contributed by atoms with Crippen molar-refractivity contribution in [3.05, 3.63) is 255 Å². The Morgan fingerprint density at radius 1 is 0.258 bits per heavy atom. The number of hydrogen-bond donors (Lipinski definition) is 0. The van der Waals surface area contributed by atoms with Gasteiger partial charge in [-0.1, -0.05) is 182 Å². The third kappa shape index (κ3) is 6.94. The summed E-state index contributed by atoms with van der Waals surface area (Å²) in [5.74, 6) is 0. The minimum Gasteiger partial charge on any atom is -0.310 e. The summed E-state index contributed by atoms with van der Waals surface area (Å²) in [4.78, 5) is 2.45. The van der Waals surface area contributed by atoms with Gasteiger partial charge in [0, 0.05) is 33.5 Å². The number of para-hydroxylation sites is 2. The molecule has 0 amide bonds. The van der Waals surface area contributed by atoms with Crippen LogP contribution < -0.4 is 4.90 Å². The third-order valence-corrected chi connectivity index (χ3v) is 11.9. The maximum atomic E-state index is 2.45. The molecule has 2 heteroatoms. The lowest BCUT2D eigenvalue weighted by atomic mass is 9.95. The smallest absolute Gasteiger partial charge is 0.0547 e. The maximum absolute atomic E-state index is 2.45. The van der Waals surface area contributed by atoms with Gasteiger partial charge in [-0.05, 0) is 128 Å². The van der Waals surface area contributed by atoms with Gasteiger partial charge < -0.3 is 9.47 Å². The highest BCUT2D eigenvalue weighted by Gasteiger charge is 2.21. The topological polar surface area (TPSA) is 8.17 Å². The molecule has 1 heterocycles. The molecule has 0 saturated carbocycles. The molecule has 0 bridgehead atoms. The monoisotopic (exact) mass is 790 g/mol. The quantitative estimate of drug-likeness (QED) is 0.141. The van der Waals surface area contributed by atoms with Crippen molar-refractivity contribution in [2.45, 2.75) is 0 Å². The fourth-order valence-corrected chi connectivity index (χ4v) is 9.04. The SMILES string of the molecule is c1ccc(-c2cc(-c3ccccc3)cc(N(c3cc(-c4ccccc4)cc(-c4ccccc4)c3)c3cccc(-c4cccc5c4c4ccccc4n5-c4ccccc4)c3)c2)cc1. The first kappa shape index (κ1) is 36.8. The highest BCUT2D eigenvalue weighted by Crippen LogP contribution is 2.45. The molecule has 10 aromatic carbocycles. The molecule has 11 aromatic rings. The van der Waals surface area contributed by atoms with E-state index in [9.17, 15) is 0 Å². The van der Waals surface area contributed by atoms with E-state index < -0.39 is 0 Å². The molecule has 2 nitrogen and oxygen atoms in total. The molecule has 0 aliphatic rings. The van der Waals surface area contributed by atoms with Crippen LogP contribution in [-0.4, -0.2) is 4.57 Å². The minimum absolute atomic E-state index is 1.07. The van der Waals surface area contributed by atoms with Crippen molar-refractivity contribution in [2.24, 2.45) is 0 Å². The van der Waals surface area contributed by atoms with Gasteiger partial charge in [-0.25, -0.2) is 0 Å². The van der Waals surface area contributed by atoms with E-state index in [1.54, 1.807) is 0 Å². The molecular formula is C60H42N2. The largest absolute Gasteiger partial charge is 0.310 e. The van der Waals surface area contributed by atoms with Crippen molar-refractivity contribution in [1.29, 1.82) is 0 Å². The third-order valence-electron chi connectivity index (χ3n) is 11.9. The van der Waals surface area contributed by atoms with Crippen LogP contribution in [0.1, 0.15) is 0 Å².